The summed E-state index contributed by atoms with van der Waals surface area (Å²) in [6.45, 7) is 5.75. The number of aryl methyl sites for hydroxylation is 2. The molecule has 2 amide bonds. The maximum atomic E-state index is 14.6. The Hall–Kier alpha value is -4.83. The molecule has 0 aliphatic rings. The van der Waals surface area contributed by atoms with Crippen molar-refractivity contribution < 1.29 is 27.5 Å². The van der Waals surface area contributed by atoms with Gasteiger partial charge in [-0.05, 0) is 55.7 Å². The third kappa shape index (κ3) is 8.92. The highest BCUT2D eigenvalue weighted by molar-refractivity contribution is 7.92. The Labute approximate surface area is 278 Å². The monoisotopic (exact) mass is 657 g/mol. The molecular weight excluding hydrogens is 614 g/mol. The van der Waals surface area contributed by atoms with Crippen LogP contribution in [0.2, 0.25) is 0 Å². The Morgan fingerprint density at radius 3 is 2.11 bits per heavy atom. The quantitative estimate of drug-likeness (QED) is 0.176. The molecule has 4 rings (SSSR count). The van der Waals surface area contributed by atoms with Crippen LogP contribution in [0.1, 0.15) is 35.6 Å². The summed E-state index contributed by atoms with van der Waals surface area (Å²) < 4.78 is 40.5. The van der Waals surface area contributed by atoms with Crippen LogP contribution in [0.3, 0.4) is 0 Å². The zero-order valence-corrected chi connectivity index (χ0v) is 28.4. The molecule has 0 radical (unpaired) electrons. The van der Waals surface area contributed by atoms with Crippen LogP contribution >= 0.6 is 0 Å². The first-order valence-electron chi connectivity index (χ1n) is 15.6. The molecule has 0 fully saturated rings. The SMILES string of the molecule is CCCNC(=O)C(Cc1ccccc1)N(Cc1cccc(C)c1)C(=O)CN(c1ccc(OC)c(OC)c1)S(=O)(=O)c1ccc(C)cc1. The maximum absolute atomic E-state index is 14.6. The van der Waals surface area contributed by atoms with Crippen LogP contribution in [-0.2, 0) is 32.6 Å². The molecule has 1 N–H and O–H groups in total. The Morgan fingerprint density at radius 1 is 0.787 bits per heavy atom. The molecule has 0 saturated carbocycles. The number of benzene rings is 4. The average Bonchev–Trinajstić information content (AvgIpc) is 3.07. The molecule has 4 aromatic rings. The number of methoxy groups -OCH3 is 2. The molecule has 0 spiro atoms. The number of ether oxygens (including phenoxy) is 2. The van der Waals surface area contributed by atoms with Crippen molar-refractivity contribution in [2.75, 3.05) is 31.6 Å². The van der Waals surface area contributed by atoms with Crippen LogP contribution in [0.15, 0.2) is 102 Å². The largest absolute Gasteiger partial charge is 0.493 e. The van der Waals surface area contributed by atoms with Gasteiger partial charge in [-0.15, -0.1) is 0 Å². The van der Waals surface area contributed by atoms with E-state index in [1.165, 1.54) is 37.3 Å². The molecule has 4 aromatic carbocycles. The topological polar surface area (TPSA) is 105 Å². The van der Waals surface area contributed by atoms with Gasteiger partial charge in [-0.25, -0.2) is 8.42 Å². The lowest BCUT2D eigenvalue weighted by molar-refractivity contribution is -0.140. The first-order valence-corrected chi connectivity index (χ1v) is 17.0. The Balaban J connectivity index is 1.84. The number of carbonyl (C=O) groups excluding carboxylic acids is 2. The van der Waals surface area contributed by atoms with Gasteiger partial charge in [0.05, 0.1) is 24.8 Å². The number of carbonyl (C=O) groups is 2. The first kappa shape index (κ1) is 35.0. The lowest BCUT2D eigenvalue weighted by Gasteiger charge is -2.34. The summed E-state index contributed by atoms with van der Waals surface area (Å²) in [5.74, 6) is -0.133. The molecule has 0 bridgehead atoms. The van der Waals surface area contributed by atoms with Gasteiger partial charge in [0.25, 0.3) is 10.0 Å². The predicted molar refractivity (Wildman–Crippen MR) is 184 cm³/mol. The summed E-state index contributed by atoms with van der Waals surface area (Å²) >= 11 is 0. The lowest BCUT2D eigenvalue weighted by atomic mass is 10.0. The van der Waals surface area contributed by atoms with E-state index in [2.05, 4.69) is 5.32 Å². The van der Waals surface area contributed by atoms with Crippen molar-refractivity contribution in [3.63, 3.8) is 0 Å². The highest BCUT2D eigenvalue weighted by atomic mass is 32.2. The number of hydrogen-bond acceptors (Lipinski definition) is 6. The summed E-state index contributed by atoms with van der Waals surface area (Å²) in [6, 6.07) is 27.4. The summed E-state index contributed by atoms with van der Waals surface area (Å²) in [7, 11) is -1.31. The first-order chi connectivity index (χ1) is 22.6. The van der Waals surface area contributed by atoms with E-state index in [1.807, 2.05) is 75.4 Å². The fraction of sp³-hybridized carbons (Fsp3) is 0.297. The van der Waals surface area contributed by atoms with Crippen LogP contribution < -0.4 is 19.1 Å². The highest BCUT2D eigenvalue weighted by Gasteiger charge is 2.35. The van der Waals surface area contributed by atoms with Crippen LogP contribution in [0.25, 0.3) is 0 Å². The standard InChI is InChI=1S/C37H43N3O6S/c1-6-21-38-37(42)33(23-29-12-8-7-9-13-29)39(25-30-14-10-11-28(3)22-30)36(41)26-40(31-17-20-34(45-4)35(24-31)46-5)47(43,44)32-18-15-27(2)16-19-32/h7-20,22,24,33H,6,21,23,25-26H2,1-5H3,(H,38,42). The van der Waals surface area contributed by atoms with Crippen molar-refractivity contribution in [2.24, 2.45) is 0 Å². The average molecular weight is 658 g/mol. The van der Waals surface area contributed by atoms with Gasteiger partial charge in [0.2, 0.25) is 11.8 Å². The fourth-order valence-electron chi connectivity index (χ4n) is 5.27. The van der Waals surface area contributed by atoms with Gasteiger partial charge in [0, 0.05) is 25.6 Å². The molecule has 1 atom stereocenters. The number of sulfonamides is 1. The van der Waals surface area contributed by atoms with Gasteiger partial charge < -0.3 is 19.7 Å². The van der Waals surface area contributed by atoms with Gasteiger partial charge in [0.1, 0.15) is 12.6 Å². The minimum absolute atomic E-state index is 0.0254. The smallest absolute Gasteiger partial charge is 0.264 e. The minimum atomic E-state index is -4.25. The molecule has 0 saturated heterocycles. The number of rotatable bonds is 15. The third-order valence-corrected chi connectivity index (χ3v) is 9.59. The van der Waals surface area contributed by atoms with E-state index in [-0.39, 0.29) is 29.5 Å². The molecular formula is C37H43N3O6S. The van der Waals surface area contributed by atoms with E-state index < -0.39 is 28.5 Å². The number of nitrogens with zero attached hydrogens (tertiary/aromatic N) is 2. The second-order valence-electron chi connectivity index (χ2n) is 11.4. The van der Waals surface area contributed by atoms with E-state index in [0.29, 0.717) is 18.0 Å². The second kappa shape index (κ2) is 16.1. The number of hydrogen-bond donors (Lipinski definition) is 1. The van der Waals surface area contributed by atoms with Crippen molar-refractivity contribution in [3.05, 3.63) is 119 Å². The number of nitrogens with one attached hydrogen (secondary N) is 1. The third-order valence-electron chi connectivity index (χ3n) is 7.80. The van der Waals surface area contributed by atoms with Crippen molar-refractivity contribution in [3.8, 4) is 11.5 Å². The van der Waals surface area contributed by atoms with Crippen LogP contribution in [0.4, 0.5) is 5.69 Å². The summed E-state index contributed by atoms with van der Waals surface area (Å²) in [4.78, 5) is 29.9. The Kier molecular flexibility index (Phi) is 12.0. The fourth-order valence-corrected chi connectivity index (χ4v) is 6.68. The van der Waals surface area contributed by atoms with Gasteiger partial charge in [-0.3, -0.25) is 13.9 Å². The normalized spacial score (nSPS) is 11.8. The molecule has 0 aliphatic heterocycles. The van der Waals surface area contributed by atoms with Crippen LogP contribution in [-0.4, -0.2) is 58.5 Å². The van der Waals surface area contributed by atoms with Gasteiger partial charge >= 0.3 is 0 Å². The van der Waals surface area contributed by atoms with Gasteiger partial charge in [-0.1, -0.05) is 84.8 Å². The molecule has 1 unspecified atom stereocenters. The summed E-state index contributed by atoms with van der Waals surface area (Å²) in [5, 5.41) is 2.96. The van der Waals surface area contributed by atoms with Gasteiger partial charge in [-0.2, -0.15) is 0 Å². The van der Waals surface area contributed by atoms with Gasteiger partial charge in [0.15, 0.2) is 11.5 Å². The van der Waals surface area contributed by atoms with Crippen LogP contribution in [0, 0.1) is 13.8 Å². The molecule has 0 aromatic heterocycles. The van der Waals surface area contributed by atoms with Crippen molar-refractivity contribution in [1.82, 2.24) is 10.2 Å². The van der Waals surface area contributed by atoms with Crippen molar-refractivity contribution in [1.29, 1.82) is 0 Å². The summed E-state index contributed by atoms with van der Waals surface area (Å²) in [6.07, 6.45) is 0.965. The zero-order chi connectivity index (χ0) is 34.0. The van der Waals surface area contributed by atoms with E-state index >= 15 is 0 Å². The Bertz CT molecular complexity index is 1760. The molecule has 47 heavy (non-hydrogen) atoms. The van der Waals surface area contributed by atoms with E-state index in [4.69, 9.17) is 9.47 Å². The van der Waals surface area contributed by atoms with E-state index in [9.17, 15) is 18.0 Å². The second-order valence-corrected chi connectivity index (χ2v) is 13.2. The Morgan fingerprint density at radius 2 is 1.47 bits per heavy atom. The minimum Gasteiger partial charge on any atom is -0.493 e. The predicted octanol–water partition coefficient (Wildman–Crippen LogP) is 5.68. The molecule has 248 valence electrons. The van der Waals surface area contributed by atoms with Crippen molar-refractivity contribution >= 4 is 27.5 Å². The summed E-state index contributed by atoms with van der Waals surface area (Å²) in [5.41, 5.74) is 3.79. The highest BCUT2D eigenvalue weighted by Crippen LogP contribution is 2.34. The number of anilines is 1. The molecule has 10 heteroatoms. The lowest BCUT2D eigenvalue weighted by Crippen LogP contribution is -2.53. The van der Waals surface area contributed by atoms with E-state index in [1.54, 1.807) is 24.3 Å². The zero-order valence-electron chi connectivity index (χ0n) is 27.6. The molecule has 9 nitrogen and oxygen atoms in total. The number of amides is 2. The maximum Gasteiger partial charge on any atom is 0.264 e. The van der Waals surface area contributed by atoms with Crippen LogP contribution in [0.5, 0.6) is 11.5 Å². The molecule has 0 aliphatic carbocycles. The molecule has 0 heterocycles. The van der Waals surface area contributed by atoms with Crippen molar-refractivity contribution in [2.45, 2.75) is 51.1 Å². The van der Waals surface area contributed by atoms with E-state index in [0.717, 1.165) is 33.0 Å².